The average Bonchev–Trinajstić information content (AvgIpc) is 2.90. The van der Waals surface area contributed by atoms with Gasteiger partial charge in [0.15, 0.2) is 0 Å². The summed E-state index contributed by atoms with van der Waals surface area (Å²) in [6.07, 6.45) is 0. The Labute approximate surface area is 130 Å². The van der Waals surface area contributed by atoms with E-state index >= 15 is 0 Å². The Bertz CT molecular complexity index is 583. The molecule has 1 heterocycles. The van der Waals surface area contributed by atoms with Crippen LogP contribution in [-0.2, 0) is 6.61 Å². The number of nitrogens with zero attached hydrogens (tertiary/aromatic N) is 1. The zero-order chi connectivity index (χ0) is 15.2. The second-order valence-electron chi connectivity index (χ2n) is 4.83. The largest absolute Gasteiger partial charge is 0.497 e. The zero-order valence-corrected chi connectivity index (χ0v) is 13.8. The Hall–Kier alpha value is -1.59. The first-order valence-electron chi connectivity index (χ1n) is 7.09. The standard InChI is InChI=1S/C16H22N2O2S/c1-5-17-11(2)15-7-6-14(19-4)8-16(15)20-9-13-10-21-12(3)18-13/h6-8,10-11,17H,5,9H2,1-4H3. The number of hydrogen-bond acceptors (Lipinski definition) is 5. The van der Waals surface area contributed by atoms with Gasteiger partial charge in [0.2, 0.25) is 0 Å². The molecule has 0 bridgehead atoms. The van der Waals surface area contributed by atoms with Crippen LogP contribution in [-0.4, -0.2) is 18.6 Å². The van der Waals surface area contributed by atoms with Gasteiger partial charge in [0.25, 0.3) is 0 Å². The molecule has 0 spiro atoms. The molecule has 0 radical (unpaired) electrons. The Kier molecular flexibility index (Phi) is 5.59. The monoisotopic (exact) mass is 306 g/mol. The predicted molar refractivity (Wildman–Crippen MR) is 86.3 cm³/mol. The summed E-state index contributed by atoms with van der Waals surface area (Å²) in [5.74, 6) is 1.64. The van der Waals surface area contributed by atoms with Gasteiger partial charge in [-0.1, -0.05) is 13.0 Å². The summed E-state index contributed by atoms with van der Waals surface area (Å²) in [5, 5.41) is 6.49. The zero-order valence-electron chi connectivity index (χ0n) is 13.0. The smallest absolute Gasteiger partial charge is 0.131 e. The number of methoxy groups -OCH3 is 1. The summed E-state index contributed by atoms with van der Waals surface area (Å²) in [6, 6.07) is 6.17. The van der Waals surface area contributed by atoms with E-state index < -0.39 is 0 Å². The molecule has 0 aliphatic rings. The SMILES string of the molecule is CCNC(C)c1ccc(OC)cc1OCc1csc(C)n1. The molecule has 0 saturated carbocycles. The van der Waals surface area contributed by atoms with Crippen molar-refractivity contribution >= 4 is 11.3 Å². The minimum atomic E-state index is 0.230. The summed E-state index contributed by atoms with van der Waals surface area (Å²) in [4.78, 5) is 4.43. The van der Waals surface area contributed by atoms with Gasteiger partial charge in [-0.2, -0.15) is 0 Å². The Morgan fingerprint density at radius 3 is 2.81 bits per heavy atom. The molecule has 2 rings (SSSR count). The lowest BCUT2D eigenvalue weighted by Crippen LogP contribution is -2.18. The van der Waals surface area contributed by atoms with Crippen molar-refractivity contribution in [1.29, 1.82) is 0 Å². The van der Waals surface area contributed by atoms with Crippen molar-refractivity contribution in [1.82, 2.24) is 10.3 Å². The number of rotatable bonds is 7. The average molecular weight is 306 g/mol. The maximum Gasteiger partial charge on any atom is 0.131 e. The van der Waals surface area contributed by atoms with Crippen LogP contribution >= 0.6 is 11.3 Å². The van der Waals surface area contributed by atoms with Gasteiger partial charge in [0.1, 0.15) is 18.1 Å². The fourth-order valence-corrected chi connectivity index (χ4v) is 2.76. The van der Waals surface area contributed by atoms with E-state index in [-0.39, 0.29) is 6.04 Å². The Morgan fingerprint density at radius 2 is 2.19 bits per heavy atom. The molecule has 4 nitrogen and oxygen atoms in total. The van der Waals surface area contributed by atoms with E-state index in [1.807, 2.05) is 30.5 Å². The Morgan fingerprint density at radius 1 is 1.38 bits per heavy atom. The molecule has 1 N–H and O–H groups in total. The highest BCUT2D eigenvalue weighted by Gasteiger charge is 2.13. The van der Waals surface area contributed by atoms with Gasteiger partial charge in [-0.25, -0.2) is 4.98 Å². The second-order valence-corrected chi connectivity index (χ2v) is 5.89. The summed E-state index contributed by atoms with van der Waals surface area (Å²) in [7, 11) is 1.66. The quantitative estimate of drug-likeness (QED) is 0.847. The molecule has 2 aromatic rings. The van der Waals surface area contributed by atoms with Crippen LogP contribution in [0.15, 0.2) is 23.6 Å². The van der Waals surface area contributed by atoms with Crippen molar-refractivity contribution in [3.63, 3.8) is 0 Å². The maximum absolute atomic E-state index is 5.97. The predicted octanol–water partition coefficient (Wildman–Crippen LogP) is 3.71. The highest BCUT2D eigenvalue weighted by atomic mass is 32.1. The molecular formula is C16H22N2O2S. The van der Waals surface area contributed by atoms with Crippen LogP contribution in [0.5, 0.6) is 11.5 Å². The van der Waals surface area contributed by atoms with Crippen molar-refractivity contribution < 1.29 is 9.47 Å². The minimum absolute atomic E-state index is 0.230. The van der Waals surface area contributed by atoms with Crippen molar-refractivity contribution in [2.24, 2.45) is 0 Å². The number of aromatic nitrogens is 1. The highest BCUT2D eigenvalue weighted by Crippen LogP contribution is 2.30. The third-order valence-electron chi connectivity index (χ3n) is 3.24. The first-order chi connectivity index (χ1) is 10.1. The molecule has 0 fully saturated rings. The van der Waals surface area contributed by atoms with E-state index in [4.69, 9.17) is 9.47 Å². The van der Waals surface area contributed by atoms with Crippen molar-refractivity contribution in [2.75, 3.05) is 13.7 Å². The van der Waals surface area contributed by atoms with Crippen LogP contribution in [0.25, 0.3) is 0 Å². The molecular weight excluding hydrogens is 284 g/mol. The van der Waals surface area contributed by atoms with E-state index in [1.54, 1.807) is 18.4 Å². The third kappa shape index (κ3) is 4.19. The molecule has 1 atom stereocenters. The lowest BCUT2D eigenvalue weighted by atomic mass is 10.1. The summed E-state index contributed by atoms with van der Waals surface area (Å²) < 4.78 is 11.3. The number of aryl methyl sites for hydroxylation is 1. The van der Waals surface area contributed by atoms with Crippen LogP contribution in [0.2, 0.25) is 0 Å². The van der Waals surface area contributed by atoms with Gasteiger partial charge in [-0.05, 0) is 26.5 Å². The molecule has 1 aromatic carbocycles. The topological polar surface area (TPSA) is 43.4 Å². The van der Waals surface area contributed by atoms with Gasteiger partial charge < -0.3 is 14.8 Å². The molecule has 0 aliphatic carbocycles. The highest BCUT2D eigenvalue weighted by molar-refractivity contribution is 7.09. The van der Waals surface area contributed by atoms with E-state index in [0.717, 1.165) is 34.3 Å². The lowest BCUT2D eigenvalue weighted by Gasteiger charge is -2.18. The number of benzene rings is 1. The van der Waals surface area contributed by atoms with Gasteiger partial charge in [-0.15, -0.1) is 11.3 Å². The molecule has 0 saturated heterocycles. The van der Waals surface area contributed by atoms with Crippen molar-refractivity contribution in [3.8, 4) is 11.5 Å². The normalized spacial score (nSPS) is 12.2. The molecule has 0 aliphatic heterocycles. The fourth-order valence-electron chi connectivity index (χ4n) is 2.17. The first kappa shape index (κ1) is 15.8. The molecule has 21 heavy (non-hydrogen) atoms. The van der Waals surface area contributed by atoms with E-state index in [9.17, 15) is 0 Å². The Balaban J connectivity index is 2.17. The first-order valence-corrected chi connectivity index (χ1v) is 7.97. The molecule has 114 valence electrons. The van der Waals surface area contributed by atoms with Crippen molar-refractivity contribution in [3.05, 3.63) is 39.8 Å². The summed E-state index contributed by atoms with van der Waals surface area (Å²) in [6.45, 7) is 7.61. The maximum atomic E-state index is 5.97. The van der Waals surface area contributed by atoms with Crippen LogP contribution in [0.4, 0.5) is 0 Å². The number of ether oxygens (including phenoxy) is 2. The van der Waals surface area contributed by atoms with Crippen LogP contribution in [0.1, 0.15) is 36.2 Å². The number of nitrogens with one attached hydrogen (secondary N) is 1. The number of hydrogen-bond donors (Lipinski definition) is 1. The van der Waals surface area contributed by atoms with Crippen LogP contribution < -0.4 is 14.8 Å². The van der Waals surface area contributed by atoms with E-state index in [1.165, 1.54) is 0 Å². The summed E-state index contributed by atoms with van der Waals surface area (Å²) in [5.41, 5.74) is 2.09. The van der Waals surface area contributed by atoms with Crippen molar-refractivity contribution in [2.45, 2.75) is 33.4 Å². The van der Waals surface area contributed by atoms with Gasteiger partial charge in [-0.3, -0.25) is 0 Å². The molecule has 1 aromatic heterocycles. The van der Waals surface area contributed by atoms with Gasteiger partial charge in [0.05, 0.1) is 17.8 Å². The van der Waals surface area contributed by atoms with Gasteiger partial charge in [0, 0.05) is 23.1 Å². The minimum Gasteiger partial charge on any atom is -0.497 e. The number of thiazole rings is 1. The lowest BCUT2D eigenvalue weighted by molar-refractivity contribution is 0.293. The molecule has 5 heteroatoms. The summed E-state index contributed by atoms with van der Waals surface area (Å²) >= 11 is 1.64. The van der Waals surface area contributed by atoms with Crippen LogP contribution in [0.3, 0.4) is 0 Å². The third-order valence-corrected chi connectivity index (χ3v) is 4.06. The second kappa shape index (κ2) is 7.43. The van der Waals surface area contributed by atoms with Gasteiger partial charge >= 0.3 is 0 Å². The van der Waals surface area contributed by atoms with E-state index in [0.29, 0.717) is 6.61 Å². The fraction of sp³-hybridized carbons (Fsp3) is 0.438. The van der Waals surface area contributed by atoms with Crippen LogP contribution in [0, 0.1) is 6.92 Å². The molecule has 0 amide bonds. The molecule has 1 unspecified atom stereocenters. The van der Waals surface area contributed by atoms with E-state index in [2.05, 4.69) is 24.1 Å².